The number of carbonyl (C=O) groups excluding carboxylic acids is 1. The Labute approximate surface area is 117 Å². The molecule has 19 heavy (non-hydrogen) atoms. The minimum absolute atomic E-state index is 0.116. The molecule has 114 valence electrons. The first-order valence-electron chi connectivity index (χ1n) is 6.80. The molecule has 0 saturated carbocycles. The standard InChI is InChI=1S/C13H29NO4Si/c1-7-8-9-17-10-13(14,12(15)16-3)11(2)18-19(4,5)6/h11H,7-10,14H2,1-6H3/t11-,13-/m1/s1. The fourth-order valence-electron chi connectivity index (χ4n) is 1.66. The Hall–Kier alpha value is -0.433. The number of hydrogen-bond donors (Lipinski definition) is 1. The maximum Gasteiger partial charge on any atom is 0.330 e. The molecular weight excluding hydrogens is 262 g/mol. The fourth-order valence-corrected chi connectivity index (χ4v) is 2.93. The molecule has 0 aromatic rings. The predicted octanol–water partition coefficient (Wildman–Crippen LogP) is 1.91. The van der Waals surface area contributed by atoms with Gasteiger partial charge in [-0.25, -0.2) is 4.79 Å². The largest absolute Gasteiger partial charge is 0.468 e. The van der Waals surface area contributed by atoms with E-state index in [1.807, 2.05) is 0 Å². The van der Waals surface area contributed by atoms with Gasteiger partial charge in [0, 0.05) is 6.61 Å². The molecular formula is C13H29NO4Si. The van der Waals surface area contributed by atoms with Gasteiger partial charge in [0.05, 0.1) is 19.8 Å². The van der Waals surface area contributed by atoms with E-state index >= 15 is 0 Å². The second-order valence-electron chi connectivity index (χ2n) is 5.81. The van der Waals surface area contributed by atoms with E-state index in [4.69, 9.17) is 19.6 Å². The third-order valence-corrected chi connectivity index (χ3v) is 3.86. The molecule has 0 fully saturated rings. The van der Waals surface area contributed by atoms with Gasteiger partial charge in [0.15, 0.2) is 13.9 Å². The summed E-state index contributed by atoms with van der Waals surface area (Å²) >= 11 is 0. The molecule has 5 nitrogen and oxygen atoms in total. The monoisotopic (exact) mass is 291 g/mol. The van der Waals surface area contributed by atoms with Gasteiger partial charge < -0.3 is 19.6 Å². The van der Waals surface area contributed by atoms with Gasteiger partial charge in [-0.05, 0) is 33.0 Å². The Bertz CT molecular complexity index is 280. The Kier molecular flexibility index (Phi) is 7.81. The number of unbranched alkanes of at least 4 members (excludes halogenated alkanes) is 1. The SMILES string of the molecule is CCCCOC[C@](N)(C(=O)OC)[C@@H](C)O[Si](C)(C)C. The third kappa shape index (κ3) is 6.51. The van der Waals surface area contributed by atoms with Crippen LogP contribution < -0.4 is 5.73 Å². The van der Waals surface area contributed by atoms with Crippen LogP contribution in [-0.4, -0.2) is 46.3 Å². The van der Waals surface area contributed by atoms with Crippen molar-refractivity contribution < 1.29 is 18.7 Å². The van der Waals surface area contributed by atoms with E-state index in [0.717, 1.165) is 12.8 Å². The lowest BCUT2D eigenvalue weighted by molar-refractivity contribution is -0.154. The number of carbonyl (C=O) groups is 1. The van der Waals surface area contributed by atoms with Gasteiger partial charge in [0.2, 0.25) is 0 Å². The summed E-state index contributed by atoms with van der Waals surface area (Å²) in [6.45, 7) is 10.8. The number of rotatable bonds is 9. The van der Waals surface area contributed by atoms with Gasteiger partial charge in [0.1, 0.15) is 0 Å². The molecule has 2 atom stereocenters. The van der Waals surface area contributed by atoms with E-state index in [9.17, 15) is 4.79 Å². The average Bonchev–Trinajstić information content (AvgIpc) is 2.31. The van der Waals surface area contributed by atoms with Crippen molar-refractivity contribution in [3.8, 4) is 0 Å². The van der Waals surface area contributed by atoms with Crippen molar-refractivity contribution in [2.75, 3.05) is 20.3 Å². The second kappa shape index (κ2) is 7.99. The van der Waals surface area contributed by atoms with Crippen LogP contribution in [0, 0.1) is 0 Å². The van der Waals surface area contributed by atoms with Crippen molar-refractivity contribution in [3.05, 3.63) is 0 Å². The third-order valence-electron chi connectivity index (χ3n) is 2.80. The Morgan fingerprint density at radius 1 is 1.37 bits per heavy atom. The summed E-state index contributed by atoms with van der Waals surface area (Å²) in [5.74, 6) is -0.491. The molecule has 0 aromatic carbocycles. The van der Waals surface area contributed by atoms with Crippen LogP contribution in [0.15, 0.2) is 0 Å². The summed E-state index contributed by atoms with van der Waals surface area (Å²) in [4.78, 5) is 11.9. The Balaban J connectivity index is 4.71. The van der Waals surface area contributed by atoms with E-state index in [0.29, 0.717) is 6.61 Å². The normalized spacial score (nSPS) is 16.8. The Morgan fingerprint density at radius 3 is 2.37 bits per heavy atom. The zero-order valence-corrected chi connectivity index (χ0v) is 14.1. The van der Waals surface area contributed by atoms with Crippen molar-refractivity contribution in [2.24, 2.45) is 5.73 Å². The van der Waals surface area contributed by atoms with E-state index in [1.54, 1.807) is 6.92 Å². The molecule has 0 bridgehead atoms. The molecule has 0 amide bonds. The van der Waals surface area contributed by atoms with Crippen molar-refractivity contribution in [2.45, 2.75) is 58.0 Å². The zero-order chi connectivity index (χ0) is 15.1. The van der Waals surface area contributed by atoms with Crippen LogP contribution >= 0.6 is 0 Å². The van der Waals surface area contributed by atoms with Crippen molar-refractivity contribution in [1.82, 2.24) is 0 Å². The maximum atomic E-state index is 11.9. The van der Waals surface area contributed by atoms with E-state index in [2.05, 4.69) is 26.6 Å². The lowest BCUT2D eigenvalue weighted by Gasteiger charge is -2.36. The van der Waals surface area contributed by atoms with Crippen molar-refractivity contribution in [1.29, 1.82) is 0 Å². The van der Waals surface area contributed by atoms with E-state index in [1.165, 1.54) is 7.11 Å². The molecule has 0 aromatic heterocycles. The van der Waals surface area contributed by atoms with Gasteiger partial charge in [-0.2, -0.15) is 0 Å². The van der Waals surface area contributed by atoms with Crippen molar-refractivity contribution in [3.63, 3.8) is 0 Å². The summed E-state index contributed by atoms with van der Waals surface area (Å²) in [7, 11) is -0.456. The van der Waals surface area contributed by atoms with Crippen LogP contribution in [0.2, 0.25) is 19.6 Å². The number of hydrogen-bond acceptors (Lipinski definition) is 5. The van der Waals surface area contributed by atoms with Crippen LogP contribution in [-0.2, 0) is 18.7 Å². The minimum Gasteiger partial charge on any atom is -0.468 e. The summed E-state index contributed by atoms with van der Waals surface area (Å²) in [6.07, 6.45) is 1.55. The van der Waals surface area contributed by atoms with E-state index < -0.39 is 25.9 Å². The fraction of sp³-hybridized carbons (Fsp3) is 0.923. The molecule has 0 aliphatic heterocycles. The first-order chi connectivity index (χ1) is 8.67. The van der Waals surface area contributed by atoms with Crippen molar-refractivity contribution >= 4 is 14.3 Å². The summed E-state index contributed by atoms with van der Waals surface area (Å²) in [6, 6.07) is 0. The van der Waals surface area contributed by atoms with Gasteiger partial charge in [0.25, 0.3) is 0 Å². The topological polar surface area (TPSA) is 70.8 Å². The molecule has 0 rings (SSSR count). The lowest BCUT2D eigenvalue weighted by Crippen LogP contribution is -2.62. The molecule has 0 aliphatic rings. The average molecular weight is 291 g/mol. The molecule has 2 N–H and O–H groups in total. The first kappa shape index (κ1) is 18.6. The molecule has 6 heteroatoms. The summed E-state index contributed by atoms with van der Waals surface area (Å²) in [5, 5.41) is 0. The Morgan fingerprint density at radius 2 is 1.95 bits per heavy atom. The number of ether oxygens (including phenoxy) is 2. The first-order valence-corrected chi connectivity index (χ1v) is 10.2. The maximum absolute atomic E-state index is 11.9. The van der Waals surface area contributed by atoms with Gasteiger partial charge in [-0.15, -0.1) is 0 Å². The summed E-state index contributed by atoms with van der Waals surface area (Å²) in [5.41, 5.74) is 4.94. The molecule has 0 heterocycles. The predicted molar refractivity (Wildman–Crippen MR) is 78.6 cm³/mol. The van der Waals surface area contributed by atoms with E-state index in [-0.39, 0.29) is 6.61 Å². The zero-order valence-electron chi connectivity index (χ0n) is 13.1. The van der Waals surface area contributed by atoms with Gasteiger partial charge in [-0.1, -0.05) is 13.3 Å². The van der Waals surface area contributed by atoms with Crippen LogP contribution in [0.25, 0.3) is 0 Å². The minimum atomic E-state index is -1.79. The number of esters is 1. The van der Waals surface area contributed by atoms with Crippen LogP contribution in [0.3, 0.4) is 0 Å². The molecule has 0 spiro atoms. The highest BCUT2D eigenvalue weighted by Gasteiger charge is 2.43. The molecule has 0 radical (unpaired) electrons. The highest BCUT2D eigenvalue weighted by atomic mass is 28.4. The number of nitrogens with two attached hydrogens (primary N) is 1. The van der Waals surface area contributed by atoms with Crippen LogP contribution in [0.4, 0.5) is 0 Å². The van der Waals surface area contributed by atoms with Gasteiger partial charge in [-0.3, -0.25) is 0 Å². The van der Waals surface area contributed by atoms with Crippen LogP contribution in [0.5, 0.6) is 0 Å². The second-order valence-corrected chi connectivity index (χ2v) is 10.3. The quantitative estimate of drug-likeness (QED) is 0.399. The molecule has 0 saturated heterocycles. The smallest absolute Gasteiger partial charge is 0.330 e. The molecule has 0 unspecified atom stereocenters. The van der Waals surface area contributed by atoms with Crippen LogP contribution in [0.1, 0.15) is 26.7 Å². The summed E-state index contributed by atoms with van der Waals surface area (Å²) < 4.78 is 16.2. The van der Waals surface area contributed by atoms with Gasteiger partial charge >= 0.3 is 5.97 Å². The lowest BCUT2D eigenvalue weighted by atomic mass is 9.96. The number of methoxy groups -OCH3 is 1. The highest BCUT2D eigenvalue weighted by molar-refractivity contribution is 6.69. The molecule has 0 aliphatic carbocycles. The highest BCUT2D eigenvalue weighted by Crippen LogP contribution is 2.19.